The van der Waals surface area contributed by atoms with Crippen LogP contribution in [0, 0.1) is 0 Å². The van der Waals surface area contributed by atoms with Crippen LogP contribution in [0.25, 0.3) is 0 Å². The summed E-state index contributed by atoms with van der Waals surface area (Å²) in [5, 5.41) is 0. The van der Waals surface area contributed by atoms with Crippen LogP contribution in [0.5, 0.6) is 0 Å². The van der Waals surface area contributed by atoms with Crippen molar-refractivity contribution in [1.29, 1.82) is 0 Å². The number of carbonyl (C=O) groups is 1. The number of amides is 1. The van der Waals surface area contributed by atoms with E-state index < -0.39 is 10.0 Å². The molecule has 6 nitrogen and oxygen atoms in total. The van der Waals surface area contributed by atoms with E-state index in [2.05, 4.69) is 4.98 Å². The van der Waals surface area contributed by atoms with Crippen molar-refractivity contribution in [1.82, 2.24) is 14.2 Å². The van der Waals surface area contributed by atoms with Crippen molar-refractivity contribution in [2.24, 2.45) is 0 Å². The second kappa shape index (κ2) is 7.33. The smallest absolute Gasteiger partial charge is 0.243 e. The van der Waals surface area contributed by atoms with Crippen molar-refractivity contribution in [3.8, 4) is 0 Å². The highest BCUT2D eigenvalue weighted by molar-refractivity contribution is 7.89. The van der Waals surface area contributed by atoms with Crippen LogP contribution in [-0.2, 0) is 14.8 Å². The average molecular weight is 359 g/mol. The van der Waals surface area contributed by atoms with Gasteiger partial charge in [0.05, 0.1) is 17.5 Å². The van der Waals surface area contributed by atoms with Gasteiger partial charge >= 0.3 is 0 Å². The largest absolute Gasteiger partial charge is 0.335 e. The molecule has 0 unspecified atom stereocenters. The fourth-order valence-electron chi connectivity index (χ4n) is 3.14. The van der Waals surface area contributed by atoms with E-state index in [0.29, 0.717) is 6.54 Å². The zero-order chi connectivity index (χ0) is 17.9. The number of likely N-dealkylation sites (tertiary alicyclic amines) is 1. The molecule has 1 aliphatic heterocycles. The number of likely N-dealkylation sites (N-methyl/N-ethyl adjacent to an activating group) is 1. The van der Waals surface area contributed by atoms with Gasteiger partial charge < -0.3 is 4.90 Å². The number of rotatable bonds is 5. The molecule has 2 heterocycles. The summed E-state index contributed by atoms with van der Waals surface area (Å²) in [7, 11) is -2.23. The van der Waals surface area contributed by atoms with Crippen molar-refractivity contribution in [3.63, 3.8) is 0 Å². The van der Waals surface area contributed by atoms with Crippen LogP contribution in [0.3, 0.4) is 0 Å². The van der Waals surface area contributed by atoms with Crippen LogP contribution in [0.2, 0.25) is 0 Å². The van der Waals surface area contributed by atoms with Gasteiger partial charge in [-0.05, 0) is 42.7 Å². The number of sulfonamides is 1. The van der Waals surface area contributed by atoms with E-state index in [4.69, 9.17) is 0 Å². The monoisotopic (exact) mass is 359 g/mol. The molecule has 132 valence electrons. The third-order valence-electron chi connectivity index (χ3n) is 4.47. The number of nitrogens with zero attached hydrogens (tertiary/aromatic N) is 3. The van der Waals surface area contributed by atoms with Crippen LogP contribution < -0.4 is 0 Å². The van der Waals surface area contributed by atoms with E-state index in [0.717, 1.165) is 22.7 Å². The Morgan fingerprint density at radius 1 is 1.20 bits per heavy atom. The van der Waals surface area contributed by atoms with Crippen LogP contribution in [0.15, 0.2) is 59.8 Å². The fraction of sp³-hybridized carbons (Fsp3) is 0.333. The van der Waals surface area contributed by atoms with Crippen molar-refractivity contribution in [2.45, 2.75) is 23.8 Å². The lowest BCUT2D eigenvalue weighted by molar-refractivity contribution is -0.132. The lowest BCUT2D eigenvalue weighted by Crippen LogP contribution is -2.40. The van der Waals surface area contributed by atoms with Gasteiger partial charge in [-0.25, -0.2) is 8.42 Å². The second-order valence-corrected chi connectivity index (χ2v) is 8.14. The molecule has 1 aromatic heterocycles. The highest BCUT2D eigenvalue weighted by Crippen LogP contribution is 2.31. The van der Waals surface area contributed by atoms with E-state index in [-0.39, 0.29) is 23.4 Å². The number of aromatic nitrogens is 1. The van der Waals surface area contributed by atoms with E-state index in [1.54, 1.807) is 35.5 Å². The van der Waals surface area contributed by atoms with Crippen molar-refractivity contribution in [3.05, 3.63) is 60.4 Å². The molecule has 0 spiro atoms. The zero-order valence-corrected chi connectivity index (χ0v) is 14.9. The van der Waals surface area contributed by atoms with Gasteiger partial charge in [0, 0.05) is 26.0 Å². The summed E-state index contributed by atoms with van der Waals surface area (Å²) in [4.78, 5) is 18.7. The molecule has 1 amide bonds. The molecule has 0 bridgehead atoms. The summed E-state index contributed by atoms with van der Waals surface area (Å²) in [6, 6.07) is 12.0. The summed E-state index contributed by atoms with van der Waals surface area (Å²) in [5.41, 5.74) is 1.04. The number of pyridine rings is 1. The van der Waals surface area contributed by atoms with Crippen molar-refractivity contribution < 1.29 is 13.2 Å². The van der Waals surface area contributed by atoms with Crippen LogP contribution >= 0.6 is 0 Å². The van der Waals surface area contributed by atoms with Gasteiger partial charge in [0.1, 0.15) is 0 Å². The summed E-state index contributed by atoms with van der Waals surface area (Å²) in [5.74, 6) is -0.179. The Kier molecular flexibility index (Phi) is 5.15. The number of benzene rings is 1. The summed E-state index contributed by atoms with van der Waals surface area (Å²) >= 11 is 0. The molecule has 0 radical (unpaired) electrons. The van der Waals surface area contributed by atoms with Crippen molar-refractivity contribution >= 4 is 15.9 Å². The first kappa shape index (κ1) is 17.6. The van der Waals surface area contributed by atoms with Gasteiger partial charge in [0.15, 0.2) is 0 Å². The predicted octanol–water partition coefficient (Wildman–Crippen LogP) is 2.07. The first-order valence-electron chi connectivity index (χ1n) is 8.21. The maximum Gasteiger partial charge on any atom is 0.243 e. The Balaban J connectivity index is 1.73. The Hall–Kier alpha value is -2.25. The van der Waals surface area contributed by atoms with E-state index >= 15 is 0 Å². The van der Waals surface area contributed by atoms with Crippen LogP contribution in [-0.4, -0.2) is 48.7 Å². The quantitative estimate of drug-likeness (QED) is 0.819. The summed E-state index contributed by atoms with van der Waals surface area (Å²) in [6.45, 7) is 0.476. The second-order valence-electron chi connectivity index (χ2n) is 6.10. The third-order valence-corrected chi connectivity index (χ3v) is 6.29. The molecule has 0 saturated carbocycles. The molecule has 1 fully saturated rings. The number of hydrogen-bond acceptors (Lipinski definition) is 4. The van der Waals surface area contributed by atoms with Gasteiger partial charge in [0.2, 0.25) is 15.9 Å². The molecule has 1 atom stereocenters. The molecule has 0 aliphatic carbocycles. The maximum atomic E-state index is 12.7. The maximum absolute atomic E-state index is 12.7. The molecule has 25 heavy (non-hydrogen) atoms. The molecule has 3 rings (SSSR count). The van der Waals surface area contributed by atoms with Gasteiger partial charge in [-0.2, -0.15) is 4.31 Å². The highest BCUT2D eigenvalue weighted by Gasteiger charge is 2.32. The molecular formula is C18H21N3O3S. The molecular weight excluding hydrogens is 338 g/mol. The summed E-state index contributed by atoms with van der Waals surface area (Å²) < 4.78 is 26.3. The third kappa shape index (κ3) is 3.72. The molecule has 1 saturated heterocycles. The Bertz CT molecular complexity index is 825. The van der Waals surface area contributed by atoms with Gasteiger partial charge in [0.25, 0.3) is 0 Å². The van der Waals surface area contributed by atoms with E-state index in [1.165, 1.54) is 19.2 Å². The number of hydrogen-bond donors (Lipinski definition) is 0. The Morgan fingerprint density at radius 3 is 2.56 bits per heavy atom. The molecule has 2 aromatic rings. The minimum Gasteiger partial charge on any atom is -0.335 e. The van der Waals surface area contributed by atoms with Crippen molar-refractivity contribution in [2.75, 3.05) is 20.1 Å². The minimum absolute atomic E-state index is 0.0108. The Morgan fingerprint density at radius 2 is 1.88 bits per heavy atom. The fourth-order valence-corrected chi connectivity index (χ4v) is 4.28. The molecule has 1 aliphatic rings. The predicted molar refractivity (Wildman–Crippen MR) is 94.2 cm³/mol. The standard InChI is InChI=1S/C18H21N3O3S/c1-20(25(23,24)16-6-3-2-4-7-16)14-18(22)21-13-5-8-17(21)15-9-11-19-12-10-15/h2-4,6-7,9-12,17H,5,8,13-14H2,1H3/t17-/m1/s1. The van der Waals surface area contributed by atoms with Gasteiger partial charge in [-0.15, -0.1) is 0 Å². The summed E-state index contributed by atoms with van der Waals surface area (Å²) in [6.07, 6.45) is 5.21. The van der Waals surface area contributed by atoms with Gasteiger partial charge in [-0.1, -0.05) is 18.2 Å². The molecule has 0 N–H and O–H groups in total. The molecule has 7 heteroatoms. The topological polar surface area (TPSA) is 70.6 Å². The van der Waals surface area contributed by atoms with Gasteiger partial charge in [-0.3, -0.25) is 9.78 Å². The van der Waals surface area contributed by atoms with E-state index in [9.17, 15) is 13.2 Å². The zero-order valence-electron chi connectivity index (χ0n) is 14.1. The minimum atomic E-state index is -3.67. The van der Waals surface area contributed by atoms with Crippen LogP contribution in [0.4, 0.5) is 0 Å². The first-order valence-corrected chi connectivity index (χ1v) is 9.65. The highest BCUT2D eigenvalue weighted by atomic mass is 32.2. The normalized spacial score (nSPS) is 17.8. The number of carbonyl (C=O) groups excluding carboxylic acids is 1. The van der Waals surface area contributed by atoms with E-state index in [1.807, 2.05) is 12.1 Å². The molecule has 1 aromatic carbocycles. The SMILES string of the molecule is CN(CC(=O)N1CCC[C@@H]1c1ccncc1)S(=O)(=O)c1ccccc1. The average Bonchev–Trinajstić information content (AvgIpc) is 3.13. The Labute approximate surface area is 148 Å². The first-order chi connectivity index (χ1) is 12.0. The van der Waals surface area contributed by atoms with Crippen LogP contribution in [0.1, 0.15) is 24.4 Å². The lowest BCUT2D eigenvalue weighted by Gasteiger charge is -2.27. The lowest BCUT2D eigenvalue weighted by atomic mass is 10.1.